The number of halogens is 1. The molecule has 0 aliphatic carbocycles. The van der Waals surface area contributed by atoms with Gasteiger partial charge in [-0.15, -0.1) is 0 Å². The number of nitrogens with one attached hydrogen (secondary N) is 1. The SMILES string of the molecule is COc1ccc(/C=C2\C(=O)NC(=S)N(c3cccc(Cl)c3C)C2=O)c(C)c1. The molecular formula is C20H17ClN2O3S. The first-order valence-electron chi connectivity index (χ1n) is 8.14. The van der Waals surface area contributed by atoms with Gasteiger partial charge in [0.25, 0.3) is 11.8 Å². The van der Waals surface area contributed by atoms with Crippen LogP contribution in [0.3, 0.4) is 0 Å². The zero-order valence-corrected chi connectivity index (χ0v) is 16.6. The van der Waals surface area contributed by atoms with Crippen LogP contribution >= 0.6 is 23.8 Å². The van der Waals surface area contributed by atoms with Gasteiger partial charge in [-0.25, -0.2) is 0 Å². The number of carbonyl (C=O) groups excluding carboxylic acids is 2. The largest absolute Gasteiger partial charge is 0.497 e. The summed E-state index contributed by atoms with van der Waals surface area (Å²) in [7, 11) is 1.58. The Hall–Kier alpha value is -2.70. The van der Waals surface area contributed by atoms with E-state index < -0.39 is 11.8 Å². The van der Waals surface area contributed by atoms with Crippen LogP contribution < -0.4 is 15.0 Å². The Kier molecular flexibility index (Phi) is 5.30. The summed E-state index contributed by atoms with van der Waals surface area (Å²) in [5, 5.41) is 3.12. The minimum atomic E-state index is -0.531. The molecule has 3 rings (SSSR count). The fraction of sp³-hybridized carbons (Fsp3) is 0.150. The van der Waals surface area contributed by atoms with Crippen LogP contribution in [0, 0.1) is 13.8 Å². The van der Waals surface area contributed by atoms with Crippen molar-refractivity contribution >= 4 is 52.5 Å². The van der Waals surface area contributed by atoms with Gasteiger partial charge in [0.2, 0.25) is 0 Å². The standard InChI is InChI=1S/C20H17ClN2O3S/c1-11-9-14(26-3)8-7-13(11)10-15-18(24)22-20(27)23(19(15)25)17-6-4-5-16(21)12(17)2/h4-10H,1-3H3,(H,22,24,27)/b15-10+. The molecule has 5 nitrogen and oxygen atoms in total. The third-order valence-electron chi connectivity index (χ3n) is 4.36. The number of aryl methyl sites for hydroxylation is 1. The van der Waals surface area contributed by atoms with Crippen LogP contribution in [0.25, 0.3) is 6.08 Å². The van der Waals surface area contributed by atoms with Crippen LogP contribution in [0.15, 0.2) is 42.0 Å². The number of ether oxygens (including phenoxy) is 1. The molecular weight excluding hydrogens is 384 g/mol. The first-order chi connectivity index (χ1) is 12.8. The molecule has 0 saturated carbocycles. The van der Waals surface area contributed by atoms with Gasteiger partial charge in [-0.05, 0) is 73.1 Å². The summed E-state index contributed by atoms with van der Waals surface area (Å²) in [5.74, 6) is -0.327. The second-order valence-electron chi connectivity index (χ2n) is 6.06. The van der Waals surface area contributed by atoms with E-state index in [1.54, 1.807) is 50.4 Å². The van der Waals surface area contributed by atoms with E-state index >= 15 is 0 Å². The van der Waals surface area contributed by atoms with Gasteiger partial charge in [-0.1, -0.05) is 23.7 Å². The van der Waals surface area contributed by atoms with Gasteiger partial charge in [0.05, 0.1) is 12.8 Å². The van der Waals surface area contributed by atoms with Crippen molar-refractivity contribution < 1.29 is 14.3 Å². The molecule has 27 heavy (non-hydrogen) atoms. The Morgan fingerprint density at radius 3 is 2.59 bits per heavy atom. The van der Waals surface area contributed by atoms with Gasteiger partial charge in [-0.2, -0.15) is 0 Å². The smallest absolute Gasteiger partial charge is 0.270 e. The maximum atomic E-state index is 13.1. The summed E-state index contributed by atoms with van der Waals surface area (Å²) in [4.78, 5) is 26.8. The quantitative estimate of drug-likeness (QED) is 0.483. The summed E-state index contributed by atoms with van der Waals surface area (Å²) in [6, 6.07) is 10.6. The molecule has 1 saturated heterocycles. The van der Waals surface area contributed by atoms with Crippen molar-refractivity contribution in [3.05, 3.63) is 63.7 Å². The molecule has 0 unspecified atom stereocenters. The number of benzene rings is 2. The predicted molar refractivity (Wildman–Crippen MR) is 110 cm³/mol. The number of thiocarbonyl (C=S) groups is 1. The number of methoxy groups -OCH3 is 1. The minimum absolute atomic E-state index is 0.00348. The molecule has 7 heteroatoms. The van der Waals surface area contributed by atoms with Gasteiger partial charge in [0.1, 0.15) is 11.3 Å². The molecule has 1 fully saturated rings. The average molecular weight is 401 g/mol. The summed E-state index contributed by atoms with van der Waals surface area (Å²) in [6.07, 6.45) is 1.56. The lowest BCUT2D eigenvalue weighted by Crippen LogP contribution is -2.54. The number of hydrogen-bond donors (Lipinski definition) is 1. The fourth-order valence-electron chi connectivity index (χ4n) is 2.81. The Morgan fingerprint density at radius 2 is 1.93 bits per heavy atom. The summed E-state index contributed by atoms with van der Waals surface area (Å²) >= 11 is 11.4. The van der Waals surface area contributed by atoms with Crippen molar-refractivity contribution in [2.75, 3.05) is 12.0 Å². The Morgan fingerprint density at radius 1 is 1.19 bits per heavy atom. The van der Waals surface area contributed by atoms with Crippen LogP contribution in [-0.2, 0) is 9.59 Å². The monoisotopic (exact) mass is 400 g/mol. The molecule has 1 aliphatic heterocycles. The van der Waals surface area contributed by atoms with Gasteiger partial charge in [0, 0.05) is 5.02 Å². The van der Waals surface area contributed by atoms with Crippen molar-refractivity contribution in [1.82, 2.24) is 5.32 Å². The molecule has 138 valence electrons. The van der Waals surface area contributed by atoms with Crippen LogP contribution in [-0.4, -0.2) is 24.0 Å². The maximum absolute atomic E-state index is 13.1. The first kappa shape index (κ1) is 19.1. The molecule has 0 aromatic heterocycles. The molecule has 2 amide bonds. The van der Waals surface area contributed by atoms with Crippen molar-refractivity contribution in [1.29, 1.82) is 0 Å². The molecule has 0 bridgehead atoms. The number of nitrogens with zero attached hydrogens (tertiary/aromatic N) is 1. The molecule has 0 atom stereocenters. The Balaban J connectivity index is 2.06. The van der Waals surface area contributed by atoms with E-state index in [0.717, 1.165) is 11.1 Å². The summed E-state index contributed by atoms with van der Waals surface area (Å²) in [6.45, 7) is 3.67. The number of hydrogen-bond acceptors (Lipinski definition) is 4. The van der Waals surface area contributed by atoms with Crippen molar-refractivity contribution in [3.63, 3.8) is 0 Å². The van der Waals surface area contributed by atoms with Gasteiger partial charge >= 0.3 is 0 Å². The van der Waals surface area contributed by atoms with E-state index in [1.807, 2.05) is 13.0 Å². The lowest BCUT2D eigenvalue weighted by atomic mass is 10.0. The highest BCUT2D eigenvalue weighted by atomic mass is 35.5. The predicted octanol–water partition coefficient (Wildman–Crippen LogP) is 3.80. The van der Waals surface area contributed by atoms with Gasteiger partial charge < -0.3 is 4.74 Å². The van der Waals surface area contributed by atoms with E-state index in [-0.39, 0.29) is 10.7 Å². The molecule has 2 aromatic carbocycles. The van der Waals surface area contributed by atoms with E-state index in [2.05, 4.69) is 5.32 Å². The third kappa shape index (κ3) is 3.59. The van der Waals surface area contributed by atoms with E-state index in [9.17, 15) is 9.59 Å². The number of carbonyl (C=O) groups is 2. The van der Waals surface area contributed by atoms with Crippen LogP contribution in [0.4, 0.5) is 5.69 Å². The van der Waals surface area contributed by atoms with Crippen molar-refractivity contribution in [2.45, 2.75) is 13.8 Å². The highest BCUT2D eigenvalue weighted by Gasteiger charge is 2.35. The zero-order valence-electron chi connectivity index (χ0n) is 15.0. The third-order valence-corrected chi connectivity index (χ3v) is 5.05. The molecule has 1 N–H and O–H groups in total. The highest BCUT2D eigenvalue weighted by Crippen LogP contribution is 2.30. The molecule has 1 heterocycles. The summed E-state index contributed by atoms with van der Waals surface area (Å²) in [5.41, 5.74) is 2.85. The average Bonchev–Trinajstić information content (AvgIpc) is 2.63. The van der Waals surface area contributed by atoms with Crippen LogP contribution in [0.1, 0.15) is 16.7 Å². The molecule has 1 aliphatic rings. The maximum Gasteiger partial charge on any atom is 0.270 e. The first-order valence-corrected chi connectivity index (χ1v) is 8.93. The number of amides is 2. The lowest BCUT2D eigenvalue weighted by molar-refractivity contribution is -0.122. The minimum Gasteiger partial charge on any atom is -0.497 e. The second-order valence-corrected chi connectivity index (χ2v) is 6.86. The van der Waals surface area contributed by atoms with Crippen molar-refractivity contribution in [2.24, 2.45) is 0 Å². The van der Waals surface area contributed by atoms with E-state index in [0.29, 0.717) is 22.0 Å². The number of rotatable bonds is 3. The number of anilines is 1. The second kappa shape index (κ2) is 7.50. The molecule has 0 spiro atoms. The van der Waals surface area contributed by atoms with Crippen molar-refractivity contribution in [3.8, 4) is 5.75 Å². The Bertz CT molecular complexity index is 1000. The molecule has 2 aromatic rings. The van der Waals surface area contributed by atoms with Crippen LogP contribution in [0.2, 0.25) is 5.02 Å². The topological polar surface area (TPSA) is 58.6 Å². The normalized spacial score (nSPS) is 15.9. The summed E-state index contributed by atoms with van der Waals surface area (Å²) < 4.78 is 5.19. The Labute approximate surface area is 167 Å². The zero-order chi connectivity index (χ0) is 19.7. The highest BCUT2D eigenvalue weighted by molar-refractivity contribution is 7.80. The van der Waals surface area contributed by atoms with Gasteiger partial charge in [-0.3, -0.25) is 19.8 Å². The fourth-order valence-corrected chi connectivity index (χ4v) is 3.25. The van der Waals surface area contributed by atoms with Crippen LogP contribution in [0.5, 0.6) is 5.75 Å². The lowest BCUT2D eigenvalue weighted by Gasteiger charge is -2.30. The molecule has 0 radical (unpaired) electrons. The van der Waals surface area contributed by atoms with E-state index in [1.165, 1.54) is 4.90 Å². The van der Waals surface area contributed by atoms with E-state index in [4.69, 9.17) is 28.6 Å². The van der Waals surface area contributed by atoms with Gasteiger partial charge in [0.15, 0.2) is 5.11 Å².